The third kappa shape index (κ3) is 3.17. The summed E-state index contributed by atoms with van der Waals surface area (Å²) in [5, 5.41) is 0. The van der Waals surface area contributed by atoms with Crippen LogP contribution in [0.5, 0.6) is 0 Å². The Labute approximate surface area is 117 Å². The van der Waals surface area contributed by atoms with Crippen LogP contribution in [0, 0.1) is 5.92 Å². The van der Waals surface area contributed by atoms with E-state index in [1.54, 1.807) is 12.1 Å². The molecule has 4 nitrogen and oxygen atoms in total. The molecule has 1 aliphatic heterocycles. The Bertz CT molecular complexity index is 507. The molecule has 0 spiro atoms. The molecule has 1 fully saturated rings. The highest BCUT2D eigenvalue weighted by Crippen LogP contribution is 2.25. The average Bonchev–Trinajstić information content (AvgIpc) is 2.29. The van der Waals surface area contributed by atoms with Crippen molar-refractivity contribution in [1.82, 2.24) is 0 Å². The van der Waals surface area contributed by atoms with Gasteiger partial charge < -0.3 is 5.73 Å². The molecule has 100 valence electrons. The van der Waals surface area contributed by atoms with E-state index in [2.05, 4.69) is 0 Å². The van der Waals surface area contributed by atoms with Crippen molar-refractivity contribution in [2.24, 2.45) is 11.7 Å². The normalized spacial score (nSPS) is 16.8. The molecular formula is C14H16N2O2S. The molecule has 1 aliphatic rings. The maximum atomic E-state index is 11.9. The van der Waals surface area contributed by atoms with Crippen LogP contribution < -0.4 is 10.6 Å². The quantitative estimate of drug-likeness (QED) is 0.675. The van der Waals surface area contributed by atoms with Gasteiger partial charge in [0.05, 0.1) is 10.7 Å². The number of piperidine rings is 1. The summed E-state index contributed by atoms with van der Waals surface area (Å²) in [5.74, 6) is -0.137. The molecule has 1 aromatic rings. The lowest BCUT2D eigenvalue weighted by atomic mass is 9.97. The van der Waals surface area contributed by atoms with Gasteiger partial charge >= 0.3 is 0 Å². The molecule has 2 amide bonds. The molecule has 0 unspecified atom stereocenters. The van der Waals surface area contributed by atoms with E-state index < -0.39 is 0 Å². The zero-order valence-electron chi connectivity index (χ0n) is 10.8. The number of amides is 2. The van der Waals surface area contributed by atoms with Gasteiger partial charge in [0.25, 0.3) is 0 Å². The summed E-state index contributed by atoms with van der Waals surface area (Å²) in [4.78, 5) is 25.6. The zero-order valence-corrected chi connectivity index (χ0v) is 11.6. The number of anilines is 1. The van der Waals surface area contributed by atoms with Gasteiger partial charge in [-0.05, 0) is 23.6 Å². The molecule has 0 radical (unpaired) electrons. The number of nitrogens with zero attached hydrogens (tertiary/aromatic N) is 1. The van der Waals surface area contributed by atoms with E-state index in [1.807, 2.05) is 19.1 Å². The SMILES string of the molecule is CC1CC(=O)N(c2ccc(CC(N)=S)cc2)C(=O)C1. The fourth-order valence-electron chi connectivity index (χ4n) is 2.24. The minimum atomic E-state index is -0.133. The van der Waals surface area contributed by atoms with E-state index in [0.717, 1.165) is 5.56 Å². The smallest absolute Gasteiger partial charge is 0.234 e. The van der Waals surface area contributed by atoms with Crippen molar-refractivity contribution in [2.75, 3.05) is 4.90 Å². The first-order valence-corrected chi connectivity index (χ1v) is 6.61. The van der Waals surface area contributed by atoms with Crippen LogP contribution in [0.15, 0.2) is 24.3 Å². The predicted octanol–water partition coefficient (Wildman–Crippen LogP) is 1.80. The number of carbonyl (C=O) groups excluding carboxylic acids is 2. The molecule has 19 heavy (non-hydrogen) atoms. The van der Waals surface area contributed by atoms with Crippen molar-refractivity contribution in [1.29, 1.82) is 0 Å². The van der Waals surface area contributed by atoms with Crippen molar-refractivity contribution < 1.29 is 9.59 Å². The van der Waals surface area contributed by atoms with Gasteiger partial charge in [-0.3, -0.25) is 14.5 Å². The molecule has 1 aromatic carbocycles. The third-order valence-electron chi connectivity index (χ3n) is 3.12. The van der Waals surface area contributed by atoms with Crippen LogP contribution in [-0.4, -0.2) is 16.8 Å². The fourth-order valence-corrected chi connectivity index (χ4v) is 2.41. The first-order chi connectivity index (χ1) is 8.97. The van der Waals surface area contributed by atoms with Gasteiger partial charge in [-0.25, -0.2) is 0 Å². The monoisotopic (exact) mass is 276 g/mol. The number of carbonyl (C=O) groups is 2. The average molecular weight is 276 g/mol. The first kappa shape index (κ1) is 13.7. The topological polar surface area (TPSA) is 63.4 Å². The van der Waals surface area contributed by atoms with Crippen LogP contribution >= 0.6 is 12.2 Å². The molecule has 0 bridgehead atoms. The van der Waals surface area contributed by atoms with Gasteiger partial charge in [0, 0.05) is 19.3 Å². The van der Waals surface area contributed by atoms with Crippen molar-refractivity contribution >= 4 is 34.7 Å². The maximum Gasteiger partial charge on any atom is 0.234 e. The lowest BCUT2D eigenvalue weighted by Gasteiger charge is -2.28. The van der Waals surface area contributed by atoms with Gasteiger partial charge in [-0.15, -0.1) is 0 Å². The Hall–Kier alpha value is -1.75. The Kier molecular flexibility index (Phi) is 3.95. The minimum Gasteiger partial charge on any atom is -0.393 e. The van der Waals surface area contributed by atoms with Crippen LogP contribution in [0.25, 0.3) is 0 Å². The van der Waals surface area contributed by atoms with Gasteiger partial charge in [0.2, 0.25) is 11.8 Å². The second-order valence-corrected chi connectivity index (χ2v) is 5.47. The second kappa shape index (κ2) is 5.48. The van der Waals surface area contributed by atoms with Gasteiger partial charge in [-0.2, -0.15) is 0 Å². The second-order valence-electron chi connectivity index (χ2n) is 4.95. The van der Waals surface area contributed by atoms with Gasteiger partial charge in [-0.1, -0.05) is 31.3 Å². The molecule has 2 N–H and O–H groups in total. The van der Waals surface area contributed by atoms with Gasteiger partial charge in [0.15, 0.2) is 0 Å². The number of hydrogen-bond donors (Lipinski definition) is 1. The van der Waals surface area contributed by atoms with E-state index in [1.165, 1.54) is 4.90 Å². The van der Waals surface area contributed by atoms with E-state index in [-0.39, 0.29) is 17.7 Å². The molecule has 2 rings (SSSR count). The Morgan fingerprint density at radius 1 is 1.26 bits per heavy atom. The van der Waals surface area contributed by atoms with Crippen LogP contribution in [-0.2, 0) is 16.0 Å². The lowest BCUT2D eigenvalue weighted by Crippen LogP contribution is -2.42. The minimum absolute atomic E-state index is 0.130. The Morgan fingerprint density at radius 2 is 1.79 bits per heavy atom. The summed E-state index contributed by atoms with van der Waals surface area (Å²) in [6, 6.07) is 7.21. The third-order valence-corrected chi connectivity index (χ3v) is 3.26. The Balaban J connectivity index is 2.19. The molecule has 1 saturated heterocycles. The van der Waals surface area contributed by atoms with Crippen molar-refractivity contribution in [3.63, 3.8) is 0 Å². The fraction of sp³-hybridized carbons (Fsp3) is 0.357. The first-order valence-electron chi connectivity index (χ1n) is 6.20. The number of benzene rings is 1. The molecule has 0 aromatic heterocycles. The van der Waals surface area contributed by atoms with Gasteiger partial charge in [0.1, 0.15) is 0 Å². The molecule has 0 aliphatic carbocycles. The highest BCUT2D eigenvalue weighted by atomic mass is 32.1. The zero-order chi connectivity index (χ0) is 14.0. The molecular weight excluding hydrogens is 260 g/mol. The van der Waals surface area contributed by atoms with E-state index in [9.17, 15) is 9.59 Å². The summed E-state index contributed by atoms with van der Waals surface area (Å²) in [7, 11) is 0. The van der Waals surface area contributed by atoms with Crippen LogP contribution in [0.4, 0.5) is 5.69 Å². The number of imide groups is 1. The summed E-state index contributed by atoms with van der Waals surface area (Å²) < 4.78 is 0. The summed E-state index contributed by atoms with van der Waals surface area (Å²) >= 11 is 4.85. The Morgan fingerprint density at radius 3 is 2.26 bits per heavy atom. The summed E-state index contributed by atoms with van der Waals surface area (Å²) in [5.41, 5.74) is 7.07. The number of nitrogens with two attached hydrogens (primary N) is 1. The predicted molar refractivity (Wildman–Crippen MR) is 77.8 cm³/mol. The van der Waals surface area contributed by atoms with Crippen molar-refractivity contribution in [3.8, 4) is 0 Å². The maximum absolute atomic E-state index is 11.9. The summed E-state index contributed by atoms with van der Waals surface area (Å²) in [6.07, 6.45) is 1.36. The van der Waals surface area contributed by atoms with E-state index in [4.69, 9.17) is 18.0 Å². The molecule has 0 saturated carbocycles. The van der Waals surface area contributed by atoms with Crippen LogP contribution in [0.2, 0.25) is 0 Å². The van der Waals surface area contributed by atoms with E-state index in [0.29, 0.717) is 29.9 Å². The largest absolute Gasteiger partial charge is 0.393 e. The summed E-state index contributed by atoms with van der Waals surface area (Å²) in [6.45, 7) is 1.92. The number of rotatable bonds is 3. The standard InChI is InChI=1S/C14H16N2O2S/c1-9-6-13(17)16(14(18)7-9)11-4-2-10(3-5-11)8-12(15)19/h2-5,9H,6-8H2,1H3,(H2,15,19). The van der Waals surface area contributed by atoms with Crippen LogP contribution in [0.3, 0.4) is 0 Å². The number of hydrogen-bond acceptors (Lipinski definition) is 3. The molecule has 5 heteroatoms. The lowest BCUT2D eigenvalue weighted by molar-refractivity contribution is -0.130. The van der Waals surface area contributed by atoms with Crippen molar-refractivity contribution in [3.05, 3.63) is 29.8 Å². The van der Waals surface area contributed by atoms with Crippen molar-refractivity contribution in [2.45, 2.75) is 26.2 Å². The molecule has 0 atom stereocenters. The number of thiocarbonyl (C=S) groups is 1. The van der Waals surface area contributed by atoms with Crippen LogP contribution in [0.1, 0.15) is 25.3 Å². The van der Waals surface area contributed by atoms with E-state index >= 15 is 0 Å². The highest BCUT2D eigenvalue weighted by Gasteiger charge is 2.31. The highest BCUT2D eigenvalue weighted by molar-refractivity contribution is 7.80. The molecule has 1 heterocycles.